The number of rotatable bonds is 2. The van der Waals surface area contributed by atoms with E-state index in [0.717, 1.165) is 12.1 Å². The summed E-state index contributed by atoms with van der Waals surface area (Å²) in [6.45, 7) is 0. The number of nitrogens with two attached hydrogens (primary N) is 1. The Morgan fingerprint density at radius 1 is 1.00 bits per heavy atom. The Morgan fingerprint density at radius 2 is 1.65 bits per heavy atom. The SMILES string of the molecule is Nc1ccc(F)c(C(=O)c2ccccc2)c1F. The number of nitrogen functional groups attached to an aromatic ring is 1. The van der Waals surface area contributed by atoms with Crippen molar-refractivity contribution in [1.29, 1.82) is 0 Å². The minimum Gasteiger partial charge on any atom is -0.396 e. The van der Waals surface area contributed by atoms with Crippen LogP contribution < -0.4 is 5.73 Å². The highest BCUT2D eigenvalue weighted by Crippen LogP contribution is 2.21. The fourth-order valence-electron chi connectivity index (χ4n) is 1.51. The van der Waals surface area contributed by atoms with Crippen LogP contribution in [-0.2, 0) is 0 Å². The zero-order valence-corrected chi connectivity index (χ0v) is 8.78. The highest BCUT2D eigenvalue weighted by Gasteiger charge is 2.20. The third kappa shape index (κ3) is 2.01. The predicted molar refractivity (Wildman–Crippen MR) is 60.6 cm³/mol. The summed E-state index contributed by atoms with van der Waals surface area (Å²) in [6, 6.07) is 10.0. The first-order valence-electron chi connectivity index (χ1n) is 4.94. The molecule has 0 amide bonds. The molecule has 0 unspecified atom stereocenters. The van der Waals surface area contributed by atoms with E-state index in [1.54, 1.807) is 18.2 Å². The lowest BCUT2D eigenvalue weighted by atomic mass is 10.0. The number of anilines is 1. The van der Waals surface area contributed by atoms with Gasteiger partial charge in [-0.25, -0.2) is 8.78 Å². The Labute approximate surface area is 96.7 Å². The molecule has 0 fully saturated rings. The predicted octanol–water partition coefficient (Wildman–Crippen LogP) is 2.78. The van der Waals surface area contributed by atoms with Crippen LogP contribution in [-0.4, -0.2) is 5.78 Å². The van der Waals surface area contributed by atoms with Gasteiger partial charge in [0.05, 0.1) is 11.3 Å². The summed E-state index contributed by atoms with van der Waals surface area (Å²) in [6.07, 6.45) is 0. The molecule has 0 aliphatic carbocycles. The zero-order valence-electron chi connectivity index (χ0n) is 8.78. The summed E-state index contributed by atoms with van der Waals surface area (Å²) >= 11 is 0. The summed E-state index contributed by atoms with van der Waals surface area (Å²) in [7, 11) is 0. The van der Waals surface area contributed by atoms with Gasteiger partial charge in [-0.1, -0.05) is 30.3 Å². The molecule has 0 aliphatic rings. The van der Waals surface area contributed by atoms with Crippen LogP contribution in [0.3, 0.4) is 0 Å². The Kier molecular flexibility index (Phi) is 2.87. The zero-order chi connectivity index (χ0) is 12.4. The molecule has 2 rings (SSSR count). The van der Waals surface area contributed by atoms with E-state index in [1.807, 2.05) is 0 Å². The molecule has 0 heterocycles. The molecule has 0 radical (unpaired) electrons. The van der Waals surface area contributed by atoms with Gasteiger partial charge in [-0.2, -0.15) is 0 Å². The van der Waals surface area contributed by atoms with Gasteiger partial charge in [0.15, 0.2) is 11.6 Å². The van der Waals surface area contributed by atoms with Gasteiger partial charge in [-0.15, -0.1) is 0 Å². The van der Waals surface area contributed by atoms with Crippen molar-refractivity contribution in [2.45, 2.75) is 0 Å². The molecule has 0 bridgehead atoms. The normalized spacial score (nSPS) is 10.2. The first-order chi connectivity index (χ1) is 8.11. The van der Waals surface area contributed by atoms with Crippen LogP contribution in [0.15, 0.2) is 42.5 Å². The fourth-order valence-corrected chi connectivity index (χ4v) is 1.51. The highest BCUT2D eigenvalue weighted by molar-refractivity contribution is 6.09. The van der Waals surface area contributed by atoms with Gasteiger partial charge in [0.1, 0.15) is 5.82 Å². The largest absolute Gasteiger partial charge is 0.396 e. The molecule has 0 spiro atoms. The second kappa shape index (κ2) is 4.33. The fraction of sp³-hybridized carbons (Fsp3) is 0. The lowest BCUT2D eigenvalue weighted by Gasteiger charge is -2.06. The first-order valence-corrected chi connectivity index (χ1v) is 4.94. The second-order valence-electron chi connectivity index (χ2n) is 3.52. The Bertz CT molecular complexity index is 567. The van der Waals surface area contributed by atoms with Crippen molar-refractivity contribution >= 4 is 11.5 Å². The summed E-state index contributed by atoms with van der Waals surface area (Å²) in [5.74, 6) is -2.64. The van der Waals surface area contributed by atoms with E-state index in [2.05, 4.69) is 0 Å². The molecule has 0 aromatic heterocycles. The van der Waals surface area contributed by atoms with Crippen molar-refractivity contribution < 1.29 is 13.6 Å². The van der Waals surface area contributed by atoms with Crippen LogP contribution in [0.1, 0.15) is 15.9 Å². The van der Waals surface area contributed by atoms with Gasteiger partial charge < -0.3 is 5.73 Å². The molecule has 0 saturated carbocycles. The molecule has 0 aliphatic heterocycles. The number of ketones is 1. The summed E-state index contributed by atoms with van der Waals surface area (Å²) < 4.78 is 27.1. The number of carbonyl (C=O) groups is 1. The van der Waals surface area contributed by atoms with Gasteiger partial charge in [0, 0.05) is 5.56 Å². The molecule has 2 aromatic rings. The molecular weight excluding hydrogens is 224 g/mol. The van der Waals surface area contributed by atoms with Gasteiger partial charge in [0.2, 0.25) is 0 Å². The standard InChI is InChI=1S/C13H9F2NO/c14-9-6-7-10(16)12(15)11(9)13(17)8-4-2-1-3-5-8/h1-7H,16H2. The lowest BCUT2D eigenvalue weighted by Crippen LogP contribution is -2.09. The van der Waals surface area contributed by atoms with Crippen molar-refractivity contribution in [2.24, 2.45) is 0 Å². The lowest BCUT2D eigenvalue weighted by molar-refractivity contribution is 0.103. The quantitative estimate of drug-likeness (QED) is 0.640. The second-order valence-corrected chi connectivity index (χ2v) is 3.52. The van der Waals surface area contributed by atoms with Crippen LogP contribution in [0.2, 0.25) is 0 Å². The molecule has 2 aromatic carbocycles. The molecule has 0 atom stereocenters. The molecule has 0 saturated heterocycles. The van der Waals surface area contributed by atoms with Crippen LogP contribution in [0.5, 0.6) is 0 Å². The number of carbonyl (C=O) groups excluding carboxylic acids is 1. The van der Waals surface area contributed by atoms with Crippen molar-refractivity contribution in [1.82, 2.24) is 0 Å². The molecule has 4 heteroatoms. The van der Waals surface area contributed by atoms with Gasteiger partial charge in [-0.3, -0.25) is 4.79 Å². The van der Waals surface area contributed by atoms with E-state index < -0.39 is 23.0 Å². The van der Waals surface area contributed by atoms with E-state index in [1.165, 1.54) is 12.1 Å². The maximum atomic E-state index is 13.6. The number of hydrogen-bond acceptors (Lipinski definition) is 2. The van der Waals surface area contributed by atoms with E-state index in [9.17, 15) is 13.6 Å². The van der Waals surface area contributed by atoms with Crippen molar-refractivity contribution in [3.05, 3.63) is 65.2 Å². The van der Waals surface area contributed by atoms with Crippen LogP contribution in [0.4, 0.5) is 14.5 Å². The third-order valence-electron chi connectivity index (χ3n) is 2.38. The number of hydrogen-bond donors (Lipinski definition) is 1. The Hall–Kier alpha value is -2.23. The summed E-state index contributed by atoms with van der Waals surface area (Å²) in [4.78, 5) is 11.9. The average Bonchev–Trinajstić information content (AvgIpc) is 2.35. The van der Waals surface area contributed by atoms with E-state index in [-0.39, 0.29) is 11.3 Å². The van der Waals surface area contributed by atoms with Crippen LogP contribution in [0.25, 0.3) is 0 Å². The van der Waals surface area contributed by atoms with E-state index in [4.69, 9.17) is 5.73 Å². The van der Waals surface area contributed by atoms with Gasteiger partial charge in [-0.05, 0) is 12.1 Å². The molecule has 17 heavy (non-hydrogen) atoms. The van der Waals surface area contributed by atoms with E-state index >= 15 is 0 Å². The minimum atomic E-state index is -1.01. The molecular formula is C13H9F2NO. The maximum absolute atomic E-state index is 13.6. The smallest absolute Gasteiger partial charge is 0.199 e. The number of benzene rings is 2. The van der Waals surface area contributed by atoms with Gasteiger partial charge >= 0.3 is 0 Å². The summed E-state index contributed by atoms with van der Waals surface area (Å²) in [5.41, 5.74) is 4.67. The van der Waals surface area contributed by atoms with Crippen LogP contribution in [0, 0.1) is 11.6 Å². The van der Waals surface area contributed by atoms with Gasteiger partial charge in [0.25, 0.3) is 0 Å². The van der Waals surface area contributed by atoms with Crippen molar-refractivity contribution in [3.63, 3.8) is 0 Å². The first kappa shape index (κ1) is 11.3. The number of halogens is 2. The van der Waals surface area contributed by atoms with Crippen molar-refractivity contribution in [3.8, 4) is 0 Å². The topological polar surface area (TPSA) is 43.1 Å². The minimum absolute atomic E-state index is 0.218. The molecule has 2 N–H and O–H groups in total. The Morgan fingerprint density at radius 3 is 2.29 bits per heavy atom. The molecule has 86 valence electrons. The maximum Gasteiger partial charge on any atom is 0.199 e. The monoisotopic (exact) mass is 233 g/mol. The third-order valence-corrected chi connectivity index (χ3v) is 2.38. The molecule has 2 nitrogen and oxygen atoms in total. The van der Waals surface area contributed by atoms with E-state index in [0.29, 0.717) is 0 Å². The van der Waals surface area contributed by atoms with Crippen LogP contribution >= 0.6 is 0 Å². The average molecular weight is 233 g/mol. The highest BCUT2D eigenvalue weighted by atomic mass is 19.1. The van der Waals surface area contributed by atoms with Crippen molar-refractivity contribution in [2.75, 3.05) is 5.73 Å². The summed E-state index contributed by atoms with van der Waals surface area (Å²) in [5, 5.41) is 0. The Balaban J connectivity index is 2.56.